The lowest BCUT2D eigenvalue weighted by atomic mass is 9.63. The molecule has 0 N–H and O–H groups in total. The van der Waals surface area contributed by atoms with E-state index in [0.717, 1.165) is 33.5 Å². The van der Waals surface area contributed by atoms with E-state index < -0.39 is 0 Å². The number of allylic oxidation sites excluding steroid dienone is 2. The standard InChI is InChI=1S/C27H21Cl2N3O2/c28-21-8-5-14(9-22(21)29)12-31-13-15(16-3-1-2-4-23(16)31)11-30-32-26(33)24-17-6-7-18(20-10-19(17)20)25(24)27(32)34/h1-9,11,13,17-20,24-25H,10,12H2/b30-11-/t17-,18-,19-,20+,24+,25-/m1/s1. The molecule has 5 nitrogen and oxygen atoms in total. The highest BCUT2D eigenvalue weighted by Crippen LogP contribution is 2.65. The van der Waals surface area contributed by atoms with Crippen molar-refractivity contribution in [3.05, 3.63) is 82.0 Å². The minimum absolute atomic E-state index is 0.143. The van der Waals surface area contributed by atoms with Crippen LogP contribution in [0, 0.1) is 35.5 Å². The number of halogens is 2. The first-order valence-electron chi connectivity index (χ1n) is 11.6. The van der Waals surface area contributed by atoms with Gasteiger partial charge in [0, 0.05) is 29.2 Å². The van der Waals surface area contributed by atoms with Crippen molar-refractivity contribution in [1.82, 2.24) is 9.58 Å². The average Bonchev–Trinajstić information content (AvgIpc) is 3.55. The molecule has 0 unspecified atom stereocenters. The number of carbonyl (C=O) groups excluding carboxylic acids is 2. The highest BCUT2D eigenvalue weighted by molar-refractivity contribution is 6.42. The molecule has 34 heavy (non-hydrogen) atoms. The Hall–Kier alpha value is -2.89. The highest BCUT2D eigenvalue weighted by Gasteiger charge is 2.67. The number of benzene rings is 2. The molecule has 1 aliphatic heterocycles. The van der Waals surface area contributed by atoms with Gasteiger partial charge in [-0.05, 0) is 53.9 Å². The van der Waals surface area contributed by atoms with E-state index in [2.05, 4.69) is 21.8 Å². The SMILES string of the molecule is O=C1[C@@H]2[C@@H]3C=C[C@H]([C@H]4C[C@@H]34)[C@@H]2C(=O)N1/N=C\c1cn(Cc2ccc(Cl)c(Cl)c2)c2ccccc12. The maximum absolute atomic E-state index is 13.2. The summed E-state index contributed by atoms with van der Waals surface area (Å²) in [5.74, 6) is 0.798. The van der Waals surface area contributed by atoms with Crippen LogP contribution < -0.4 is 0 Å². The summed E-state index contributed by atoms with van der Waals surface area (Å²) < 4.78 is 2.11. The zero-order valence-electron chi connectivity index (χ0n) is 18.1. The van der Waals surface area contributed by atoms with Gasteiger partial charge in [0.1, 0.15) is 0 Å². The van der Waals surface area contributed by atoms with Crippen LogP contribution >= 0.6 is 23.2 Å². The summed E-state index contributed by atoms with van der Waals surface area (Å²) in [5, 5.41) is 7.63. The number of amides is 2. The van der Waals surface area contributed by atoms with Crippen molar-refractivity contribution in [3.8, 4) is 0 Å². The van der Waals surface area contributed by atoms with Gasteiger partial charge in [0.05, 0.1) is 28.1 Å². The molecule has 2 saturated carbocycles. The second-order valence-electron chi connectivity index (χ2n) is 9.87. The van der Waals surface area contributed by atoms with Crippen molar-refractivity contribution in [2.45, 2.75) is 13.0 Å². The van der Waals surface area contributed by atoms with Crippen LogP contribution in [0.4, 0.5) is 0 Å². The molecular formula is C27H21Cl2N3O2. The first kappa shape index (κ1) is 20.5. The van der Waals surface area contributed by atoms with Crippen LogP contribution in [0.1, 0.15) is 17.5 Å². The predicted octanol–water partition coefficient (Wildman–Crippen LogP) is 5.38. The molecule has 170 valence electrons. The lowest BCUT2D eigenvalue weighted by Crippen LogP contribution is -2.40. The van der Waals surface area contributed by atoms with Crippen LogP contribution in [0.2, 0.25) is 10.0 Å². The van der Waals surface area contributed by atoms with Gasteiger partial charge in [-0.2, -0.15) is 10.1 Å². The third kappa shape index (κ3) is 2.90. The topological polar surface area (TPSA) is 54.7 Å². The number of rotatable bonds is 4. The largest absolute Gasteiger partial charge is 0.342 e. The third-order valence-corrected chi connectivity index (χ3v) is 8.85. The summed E-state index contributed by atoms with van der Waals surface area (Å²) in [6, 6.07) is 13.6. The van der Waals surface area contributed by atoms with Crippen molar-refractivity contribution in [2.75, 3.05) is 0 Å². The van der Waals surface area contributed by atoms with E-state index in [4.69, 9.17) is 23.2 Å². The van der Waals surface area contributed by atoms with Crippen LogP contribution in [0.25, 0.3) is 10.9 Å². The van der Waals surface area contributed by atoms with Crippen molar-refractivity contribution >= 4 is 52.1 Å². The number of nitrogens with zero attached hydrogens (tertiary/aromatic N) is 3. The maximum Gasteiger partial charge on any atom is 0.254 e. The number of para-hydroxylation sites is 1. The Morgan fingerprint density at radius 3 is 2.35 bits per heavy atom. The Labute approximate surface area is 206 Å². The highest BCUT2D eigenvalue weighted by atomic mass is 35.5. The van der Waals surface area contributed by atoms with E-state index >= 15 is 0 Å². The number of aromatic nitrogens is 1. The van der Waals surface area contributed by atoms with Gasteiger partial charge in [0.2, 0.25) is 0 Å². The van der Waals surface area contributed by atoms with Crippen LogP contribution in [-0.4, -0.2) is 27.6 Å². The van der Waals surface area contributed by atoms with Crippen LogP contribution in [0.15, 0.2) is 65.9 Å². The number of hydrogen-bond acceptors (Lipinski definition) is 3. The zero-order chi connectivity index (χ0) is 23.1. The Bertz CT molecular complexity index is 1400. The monoisotopic (exact) mass is 489 g/mol. The molecule has 6 atom stereocenters. The lowest BCUT2D eigenvalue weighted by Gasteiger charge is -2.37. The van der Waals surface area contributed by atoms with Gasteiger partial charge in [-0.15, -0.1) is 0 Å². The van der Waals surface area contributed by atoms with Crippen LogP contribution in [0.5, 0.6) is 0 Å². The van der Waals surface area contributed by atoms with E-state index in [-0.39, 0.29) is 35.5 Å². The number of hydrogen-bond donors (Lipinski definition) is 0. The van der Waals surface area contributed by atoms with E-state index in [1.54, 1.807) is 12.3 Å². The molecule has 2 aromatic carbocycles. The molecule has 2 amide bonds. The molecule has 0 spiro atoms. The molecule has 2 heterocycles. The quantitative estimate of drug-likeness (QED) is 0.280. The van der Waals surface area contributed by atoms with Gasteiger partial charge in [0.15, 0.2) is 0 Å². The summed E-state index contributed by atoms with van der Waals surface area (Å²) in [7, 11) is 0. The van der Waals surface area contributed by atoms with Crippen molar-refractivity contribution in [3.63, 3.8) is 0 Å². The van der Waals surface area contributed by atoms with Crippen LogP contribution in [0.3, 0.4) is 0 Å². The molecule has 8 rings (SSSR count). The second-order valence-corrected chi connectivity index (χ2v) is 10.7. The minimum Gasteiger partial charge on any atom is -0.342 e. The summed E-state index contributed by atoms with van der Waals surface area (Å²) in [5.41, 5.74) is 2.91. The number of fused-ring (bicyclic) bond motifs is 1. The molecule has 0 radical (unpaired) electrons. The fraction of sp³-hybridized carbons (Fsp3) is 0.296. The normalized spacial score (nSPS) is 31.1. The summed E-state index contributed by atoms with van der Waals surface area (Å²) in [6.07, 6.45) is 9.15. The maximum atomic E-state index is 13.2. The van der Waals surface area contributed by atoms with Crippen molar-refractivity contribution in [2.24, 2.45) is 40.6 Å². The van der Waals surface area contributed by atoms with Crippen LogP contribution in [-0.2, 0) is 16.1 Å². The Kier molecular flexibility index (Phi) is 4.40. The Balaban J connectivity index is 1.20. The van der Waals surface area contributed by atoms with Crippen molar-refractivity contribution < 1.29 is 9.59 Å². The number of hydrazone groups is 1. The smallest absolute Gasteiger partial charge is 0.254 e. The first-order chi connectivity index (χ1) is 16.5. The Morgan fingerprint density at radius 2 is 1.65 bits per heavy atom. The molecule has 1 aromatic heterocycles. The van der Waals surface area contributed by atoms with Gasteiger partial charge >= 0.3 is 0 Å². The van der Waals surface area contributed by atoms with Gasteiger partial charge in [0.25, 0.3) is 11.8 Å². The van der Waals surface area contributed by atoms with E-state index in [9.17, 15) is 9.59 Å². The fourth-order valence-corrected chi connectivity index (χ4v) is 6.84. The second kappa shape index (κ2) is 7.30. The zero-order valence-corrected chi connectivity index (χ0v) is 19.7. The van der Waals surface area contributed by atoms with E-state index in [1.165, 1.54) is 0 Å². The van der Waals surface area contributed by atoms with Gasteiger partial charge in [-0.25, -0.2) is 0 Å². The molecular weight excluding hydrogens is 469 g/mol. The molecule has 3 fully saturated rings. The predicted molar refractivity (Wildman–Crippen MR) is 132 cm³/mol. The van der Waals surface area contributed by atoms with E-state index in [1.807, 2.05) is 42.6 Å². The Morgan fingerprint density at radius 1 is 0.941 bits per heavy atom. The number of carbonyl (C=O) groups is 2. The first-order valence-corrected chi connectivity index (χ1v) is 12.4. The summed E-state index contributed by atoms with van der Waals surface area (Å²) in [4.78, 5) is 26.4. The van der Waals surface area contributed by atoms with Gasteiger partial charge < -0.3 is 4.57 Å². The third-order valence-electron chi connectivity index (χ3n) is 8.11. The van der Waals surface area contributed by atoms with Gasteiger partial charge in [-0.3, -0.25) is 9.59 Å². The summed E-state index contributed by atoms with van der Waals surface area (Å²) in [6.45, 7) is 0.606. The van der Waals surface area contributed by atoms with Gasteiger partial charge in [-0.1, -0.05) is 59.6 Å². The lowest BCUT2D eigenvalue weighted by molar-refractivity contribution is -0.140. The molecule has 2 bridgehead atoms. The molecule has 4 aliphatic carbocycles. The summed E-state index contributed by atoms with van der Waals surface area (Å²) >= 11 is 12.3. The molecule has 3 aromatic rings. The fourth-order valence-electron chi connectivity index (χ4n) is 6.52. The van der Waals surface area contributed by atoms with Crippen molar-refractivity contribution in [1.29, 1.82) is 0 Å². The minimum atomic E-state index is -0.237. The van der Waals surface area contributed by atoms with E-state index in [0.29, 0.717) is 28.4 Å². The number of imide groups is 1. The average molecular weight is 490 g/mol. The molecule has 5 aliphatic rings. The molecule has 7 heteroatoms. The molecule has 1 saturated heterocycles.